The Kier molecular flexibility index (Phi) is 6.79. The van der Waals surface area contributed by atoms with E-state index in [0.29, 0.717) is 18.7 Å². The van der Waals surface area contributed by atoms with Gasteiger partial charge in [0.1, 0.15) is 0 Å². The van der Waals surface area contributed by atoms with Gasteiger partial charge in [0.25, 0.3) is 0 Å². The third-order valence-corrected chi connectivity index (χ3v) is 4.32. The Labute approximate surface area is 130 Å². The van der Waals surface area contributed by atoms with Gasteiger partial charge in [0.05, 0.1) is 16.6 Å². The molecule has 0 saturated heterocycles. The van der Waals surface area contributed by atoms with Crippen molar-refractivity contribution < 1.29 is 23.1 Å². The molecule has 1 aromatic carbocycles. The minimum atomic E-state index is -3.74. The van der Waals surface area contributed by atoms with Crippen LogP contribution in [0.3, 0.4) is 0 Å². The molecule has 3 N–H and O–H groups in total. The number of rotatable bonds is 9. The molecule has 0 radical (unpaired) electrons. The predicted molar refractivity (Wildman–Crippen MR) is 83.8 cm³/mol. The Morgan fingerprint density at radius 3 is 2.59 bits per heavy atom. The van der Waals surface area contributed by atoms with Gasteiger partial charge >= 0.3 is 5.97 Å². The van der Waals surface area contributed by atoms with E-state index in [4.69, 9.17) is 9.84 Å². The number of carbonyl (C=O) groups is 1. The molecule has 0 bridgehead atoms. The first-order valence-corrected chi connectivity index (χ1v) is 8.42. The molecule has 0 saturated carbocycles. The van der Waals surface area contributed by atoms with Crippen molar-refractivity contribution in [1.82, 2.24) is 4.72 Å². The molecule has 8 heteroatoms. The van der Waals surface area contributed by atoms with Crippen molar-refractivity contribution in [3.63, 3.8) is 0 Å². The number of carboxylic acids is 1. The molecule has 0 atom stereocenters. The third-order valence-electron chi connectivity index (χ3n) is 2.87. The molecule has 0 unspecified atom stereocenters. The fourth-order valence-electron chi connectivity index (χ4n) is 1.77. The van der Waals surface area contributed by atoms with Crippen molar-refractivity contribution in [3.05, 3.63) is 23.8 Å². The maximum Gasteiger partial charge on any atom is 0.337 e. The molecule has 124 valence electrons. The molecule has 0 aliphatic heterocycles. The number of benzene rings is 1. The molecule has 7 nitrogen and oxygen atoms in total. The van der Waals surface area contributed by atoms with Gasteiger partial charge in [0.2, 0.25) is 10.0 Å². The third kappa shape index (κ3) is 5.28. The van der Waals surface area contributed by atoms with E-state index in [1.165, 1.54) is 12.1 Å². The smallest absolute Gasteiger partial charge is 0.337 e. The highest BCUT2D eigenvalue weighted by Crippen LogP contribution is 2.20. The molecule has 0 fully saturated rings. The molecule has 1 aromatic rings. The quantitative estimate of drug-likeness (QED) is 0.593. The van der Waals surface area contributed by atoms with Crippen LogP contribution in [0.4, 0.5) is 5.69 Å². The van der Waals surface area contributed by atoms with Crippen LogP contribution in [0.1, 0.15) is 30.6 Å². The average Bonchev–Trinajstić information content (AvgIpc) is 2.45. The molecule has 1 rings (SSSR count). The molecule has 0 amide bonds. The van der Waals surface area contributed by atoms with Crippen LogP contribution in [0.2, 0.25) is 0 Å². The number of aromatic carboxylic acids is 1. The van der Waals surface area contributed by atoms with Gasteiger partial charge in [-0.1, -0.05) is 0 Å². The summed E-state index contributed by atoms with van der Waals surface area (Å²) in [6.07, 6.45) is 0.640. The lowest BCUT2D eigenvalue weighted by Gasteiger charge is -2.11. The van der Waals surface area contributed by atoms with Crippen LogP contribution < -0.4 is 10.0 Å². The largest absolute Gasteiger partial charge is 0.478 e. The highest BCUT2D eigenvalue weighted by molar-refractivity contribution is 7.89. The number of sulfonamides is 1. The monoisotopic (exact) mass is 330 g/mol. The fourth-order valence-corrected chi connectivity index (χ4v) is 2.87. The summed E-state index contributed by atoms with van der Waals surface area (Å²) >= 11 is 0. The Bertz CT molecular complexity index is 614. The van der Waals surface area contributed by atoms with Crippen LogP contribution in [-0.2, 0) is 14.8 Å². The van der Waals surface area contributed by atoms with Crippen LogP contribution in [0, 0.1) is 0 Å². The van der Waals surface area contributed by atoms with E-state index in [0.717, 1.165) is 6.07 Å². The second kappa shape index (κ2) is 8.11. The summed E-state index contributed by atoms with van der Waals surface area (Å²) in [6.45, 7) is 4.49. The van der Waals surface area contributed by atoms with E-state index in [2.05, 4.69) is 10.0 Å². The van der Waals surface area contributed by atoms with Crippen molar-refractivity contribution in [3.8, 4) is 0 Å². The predicted octanol–water partition coefficient (Wildman–Crippen LogP) is 1.52. The summed E-state index contributed by atoms with van der Waals surface area (Å²) in [5.74, 6) is -1.19. The van der Waals surface area contributed by atoms with Crippen LogP contribution >= 0.6 is 0 Å². The van der Waals surface area contributed by atoms with E-state index < -0.39 is 16.0 Å². The molecule has 0 heterocycles. The standard InChI is InChI=1S/C14H22N2O5S/c1-10(2)21-8-4-7-16-22(19,20)11-5-6-13(15-3)12(9-11)14(17)18/h5-6,9-10,15-16H,4,7-8H2,1-3H3,(H,17,18). The second-order valence-electron chi connectivity index (χ2n) is 4.93. The number of carboxylic acid groups (broad SMARTS) is 1. The van der Waals surface area contributed by atoms with Gasteiger partial charge in [0, 0.05) is 25.9 Å². The van der Waals surface area contributed by atoms with Crippen molar-refractivity contribution in [2.45, 2.75) is 31.3 Å². The normalized spacial score (nSPS) is 11.6. The number of hydrogen-bond donors (Lipinski definition) is 3. The molecule has 0 aliphatic rings. The van der Waals surface area contributed by atoms with Gasteiger partial charge < -0.3 is 15.2 Å². The minimum Gasteiger partial charge on any atom is -0.478 e. The Balaban J connectivity index is 2.77. The molecular formula is C14H22N2O5S. The summed E-state index contributed by atoms with van der Waals surface area (Å²) in [5.41, 5.74) is 0.269. The summed E-state index contributed by atoms with van der Waals surface area (Å²) in [6, 6.07) is 3.94. The SMILES string of the molecule is CNc1ccc(S(=O)(=O)NCCCOC(C)C)cc1C(=O)O. The van der Waals surface area contributed by atoms with E-state index in [1.54, 1.807) is 7.05 Å². The van der Waals surface area contributed by atoms with Crippen molar-refractivity contribution >= 4 is 21.7 Å². The van der Waals surface area contributed by atoms with Crippen molar-refractivity contribution in [2.75, 3.05) is 25.5 Å². The number of hydrogen-bond acceptors (Lipinski definition) is 5. The molecule has 0 spiro atoms. The first-order valence-electron chi connectivity index (χ1n) is 6.94. The minimum absolute atomic E-state index is 0.0753. The zero-order valence-corrected chi connectivity index (χ0v) is 13.7. The van der Waals surface area contributed by atoms with Gasteiger partial charge in [0.15, 0.2) is 0 Å². The topological polar surface area (TPSA) is 105 Å². The molecule has 0 aromatic heterocycles. The Morgan fingerprint density at radius 2 is 2.05 bits per heavy atom. The van der Waals surface area contributed by atoms with E-state index in [-0.39, 0.29) is 23.1 Å². The lowest BCUT2D eigenvalue weighted by molar-refractivity contribution is 0.0697. The molecular weight excluding hydrogens is 308 g/mol. The molecule has 22 heavy (non-hydrogen) atoms. The maximum atomic E-state index is 12.1. The first kappa shape index (κ1) is 18.4. The fraction of sp³-hybridized carbons (Fsp3) is 0.500. The Hall–Kier alpha value is -1.64. The summed E-state index contributed by atoms with van der Waals surface area (Å²) in [5, 5.41) is 11.8. The van der Waals surface area contributed by atoms with Gasteiger partial charge in [-0.05, 0) is 38.5 Å². The average molecular weight is 330 g/mol. The maximum absolute atomic E-state index is 12.1. The van der Waals surface area contributed by atoms with Crippen LogP contribution in [0.25, 0.3) is 0 Å². The van der Waals surface area contributed by atoms with E-state index in [1.807, 2.05) is 13.8 Å². The summed E-state index contributed by atoms with van der Waals surface area (Å²) in [7, 11) is -2.17. The van der Waals surface area contributed by atoms with Gasteiger partial charge in [-0.2, -0.15) is 0 Å². The highest BCUT2D eigenvalue weighted by Gasteiger charge is 2.18. The van der Waals surface area contributed by atoms with Crippen LogP contribution in [-0.4, -0.2) is 45.8 Å². The lowest BCUT2D eigenvalue weighted by atomic mass is 10.2. The number of ether oxygens (including phenoxy) is 1. The van der Waals surface area contributed by atoms with Gasteiger partial charge in [-0.25, -0.2) is 17.9 Å². The van der Waals surface area contributed by atoms with E-state index >= 15 is 0 Å². The highest BCUT2D eigenvalue weighted by atomic mass is 32.2. The number of anilines is 1. The zero-order chi connectivity index (χ0) is 16.8. The van der Waals surface area contributed by atoms with Crippen LogP contribution in [0.5, 0.6) is 0 Å². The zero-order valence-electron chi connectivity index (χ0n) is 12.9. The first-order chi connectivity index (χ1) is 10.3. The van der Waals surface area contributed by atoms with Gasteiger partial charge in [-0.15, -0.1) is 0 Å². The van der Waals surface area contributed by atoms with Crippen LogP contribution in [0.15, 0.2) is 23.1 Å². The Morgan fingerprint density at radius 1 is 1.36 bits per heavy atom. The lowest BCUT2D eigenvalue weighted by Crippen LogP contribution is -2.26. The second-order valence-corrected chi connectivity index (χ2v) is 6.70. The van der Waals surface area contributed by atoms with Crippen molar-refractivity contribution in [2.24, 2.45) is 0 Å². The van der Waals surface area contributed by atoms with Gasteiger partial charge in [-0.3, -0.25) is 0 Å². The van der Waals surface area contributed by atoms with E-state index in [9.17, 15) is 13.2 Å². The summed E-state index contributed by atoms with van der Waals surface area (Å²) < 4.78 is 32.0. The van der Waals surface area contributed by atoms with Crippen molar-refractivity contribution in [1.29, 1.82) is 0 Å². The summed E-state index contributed by atoms with van der Waals surface area (Å²) in [4.78, 5) is 11.1. The number of nitrogens with one attached hydrogen (secondary N) is 2. The molecule has 0 aliphatic carbocycles.